The molecular weight excluding hydrogens is 358 g/mol. The zero-order valence-corrected chi connectivity index (χ0v) is 16.0. The highest BCUT2D eigenvalue weighted by molar-refractivity contribution is 5.69. The van der Waals surface area contributed by atoms with E-state index in [1.165, 1.54) is 0 Å². The first-order valence-electron chi connectivity index (χ1n) is 9.50. The third-order valence-electron chi connectivity index (χ3n) is 4.40. The molecule has 2 aromatic carbocycles. The number of carbonyl (C=O) groups excluding carboxylic acids is 1. The van der Waals surface area contributed by atoms with Crippen LogP contribution in [0.1, 0.15) is 25.3 Å². The molecule has 28 heavy (non-hydrogen) atoms. The highest BCUT2D eigenvalue weighted by atomic mass is 16.5. The number of ether oxygens (including phenoxy) is 3. The number of benzene rings is 2. The van der Waals surface area contributed by atoms with Gasteiger partial charge in [-0.1, -0.05) is 18.2 Å². The van der Waals surface area contributed by atoms with Gasteiger partial charge in [0.05, 0.1) is 13.2 Å². The molecule has 148 valence electrons. The van der Waals surface area contributed by atoms with Crippen molar-refractivity contribution in [3.8, 4) is 11.5 Å². The van der Waals surface area contributed by atoms with Crippen LogP contribution in [0.4, 0.5) is 5.69 Å². The summed E-state index contributed by atoms with van der Waals surface area (Å²) in [5, 5.41) is 10.5. The van der Waals surface area contributed by atoms with Crippen LogP contribution < -0.4 is 14.5 Å². The summed E-state index contributed by atoms with van der Waals surface area (Å²) < 4.78 is 16.3. The van der Waals surface area contributed by atoms with Gasteiger partial charge in [-0.2, -0.15) is 0 Å². The second-order valence-corrected chi connectivity index (χ2v) is 6.54. The number of hydrogen-bond acceptors (Lipinski definition) is 5. The molecule has 1 aliphatic rings. The fourth-order valence-electron chi connectivity index (χ4n) is 3.03. The van der Waals surface area contributed by atoms with Crippen LogP contribution in [0.2, 0.25) is 0 Å². The minimum atomic E-state index is -0.197. The quantitative estimate of drug-likeness (QED) is 0.514. The Morgan fingerprint density at radius 1 is 1.07 bits per heavy atom. The second kappa shape index (κ2) is 9.92. The SMILES string of the molecule is CCOC(=O)CCCOc1ccc(OCC2=C[NH+](O)c3ccccc3C2)cc1. The molecule has 3 rings (SSSR count). The maximum absolute atomic E-state index is 11.3. The lowest BCUT2D eigenvalue weighted by atomic mass is 10.0. The topological polar surface area (TPSA) is 69.4 Å². The number of nitrogens with one attached hydrogen (secondary N) is 1. The van der Waals surface area contributed by atoms with Gasteiger partial charge in [-0.05, 0) is 37.6 Å². The summed E-state index contributed by atoms with van der Waals surface area (Å²) in [6.45, 7) is 3.07. The third kappa shape index (κ3) is 5.58. The number of para-hydroxylation sites is 1. The summed E-state index contributed by atoms with van der Waals surface area (Å²) in [6, 6.07) is 15.2. The van der Waals surface area contributed by atoms with Crippen molar-refractivity contribution in [3.63, 3.8) is 0 Å². The molecule has 0 saturated heterocycles. The first kappa shape index (κ1) is 19.9. The van der Waals surface area contributed by atoms with E-state index < -0.39 is 0 Å². The van der Waals surface area contributed by atoms with Crippen LogP contribution in [0.15, 0.2) is 60.3 Å². The molecule has 6 nitrogen and oxygen atoms in total. The average Bonchev–Trinajstić information content (AvgIpc) is 2.71. The Morgan fingerprint density at radius 2 is 1.79 bits per heavy atom. The molecule has 1 unspecified atom stereocenters. The lowest BCUT2D eigenvalue weighted by Gasteiger charge is -2.18. The molecule has 2 N–H and O–H groups in total. The number of quaternary nitrogens is 1. The lowest BCUT2D eigenvalue weighted by Crippen LogP contribution is -3.00. The van der Waals surface area contributed by atoms with Crippen molar-refractivity contribution in [1.82, 2.24) is 0 Å². The normalized spacial score (nSPS) is 15.4. The summed E-state index contributed by atoms with van der Waals surface area (Å²) in [7, 11) is 0. The first-order valence-corrected chi connectivity index (χ1v) is 9.50. The van der Waals surface area contributed by atoms with Crippen LogP contribution in [-0.2, 0) is 16.0 Å². The molecule has 1 atom stereocenters. The van der Waals surface area contributed by atoms with Gasteiger partial charge in [-0.3, -0.25) is 4.79 Å². The average molecular weight is 384 g/mol. The molecule has 0 bridgehead atoms. The fourth-order valence-corrected chi connectivity index (χ4v) is 3.03. The Hall–Kier alpha value is -2.83. The smallest absolute Gasteiger partial charge is 0.305 e. The Labute approximate surface area is 164 Å². The van der Waals surface area contributed by atoms with Gasteiger partial charge in [0.25, 0.3) is 0 Å². The summed E-state index contributed by atoms with van der Waals surface area (Å²) in [4.78, 5) is 11.3. The number of fused-ring (bicyclic) bond motifs is 1. The third-order valence-corrected chi connectivity index (χ3v) is 4.40. The summed E-state index contributed by atoms with van der Waals surface area (Å²) in [5.74, 6) is 1.27. The van der Waals surface area contributed by atoms with Gasteiger partial charge in [0, 0.05) is 30.0 Å². The maximum Gasteiger partial charge on any atom is 0.305 e. The van der Waals surface area contributed by atoms with Gasteiger partial charge in [0.1, 0.15) is 24.3 Å². The van der Waals surface area contributed by atoms with Gasteiger partial charge in [0.2, 0.25) is 0 Å². The molecule has 2 aromatic rings. The van der Waals surface area contributed by atoms with E-state index >= 15 is 0 Å². The standard InChI is InChI=1S/C22H25NO5/c1-2-26-22(24)8-5-13-27-19-9-11-20(12-10-19)28-16-17-14-18-6-3-4-7-21(18)23(25)15-17/h3-4,6-7,9-12,15,25H,2,5,8,13-14,16H2,1H3/p+1. The lowest BCUT2D eigenvalue weighted by molar-refractivity contribution is -0.991. The molecule has 0 aromatic heterocycles. The Balaban J connectivity index is 1.43. The molecular formula is C22H26NO5+. The fraction of sp³-hybridized carbons (Fsp3) is 0.318. The van der Waals surface area contributed by atoms with Crippen molar-refractivity contribution < 1.29 is 29.3 Å². The van der Waals surface area contributed by atoms with Crippen LogP contribution in [0.25, 0.3) is 0 Å². The van der Waals surface area contributed by atoms with E-state index in [0.717, 1.165) is 34.7 Å². The van der Waals surface area contributed by atoms with E-state index in [-0.39, 0.29) is 11.0 Å². The maximum atomic E-state index is 11.3. The Bertz CT molecular complexity index is 816. The van der Waals surface area contributed by atoms with E-state index in [0.29, 0.717) is 32.7 Å². The summed E-state index contributed by atoms with van der Waals surface area (Å²) >= 11 is 0. The number of hydrogen-bond donors (Lipinski definition) is 2. The van der Waals surface area contributed by atoms with Gasteiger partial charge >= 0.3 is 5.97 Å². The molecule has 0 amide bonds. The number of hydroxylamine groups is 1. The van der Waals surface area contributed by atoms with Gasteiger partial charge in [-0.25, -0.2) is 5.21 Å². The molecule has 1 aliphatic heterocycles. The summed E-state index contributed by atoms with van der Waals surface area (Å²) in [5.41, 5.74) is 3.01. The molecule has 6 heteroatoms. The van der Waals surface area contributed by atoms with Crippen molar-refractivity contribution in [2.45, 2.75) is 26.2 Å². The van der Waals surface area contributed by atoms with Crippen LogP contribution in [0, 0.1) is 0 Å². The van der Waals surface area contributed by atoms with E-state index in [9.17, 15) is 10.0 Å². The number of rotatable bonds is 9. The molecule has 0 fully saturated rings. The van der Waals surface area contributed by atoms with Crippen LogP contribution >= 0.6 is 0 Å². The summed E-state index contributed by atoms with van der Waals surface area (Å²) in [6.07, 6.45) is 3.52. The molecule has 0 aliphatic carbocycles. The van der Waals surface area contributed by atoms with E-state index in [1.807, 2.05) is 48.5 Å². The highest BCUT2D eigenvalue weighted by Gasteiger charge is 2.21. The highest BCUT2D eigenvalue weighted by Crippen LogP contribution is 2.21. The van der Waals surface area contributed by atoms with E-state index in [4.69, 9.17) is 14.2 Å². The van der Waals surface area contributed by atoms with Crippen molar-refractivity contribution in [3.05, 3.63) is 65.9 Å². The van der Waals surface area contributed by atoms with Crippen LogP contribution in [0.3, 0.4) is 0 Å². The predicted molar refractivity (Wildman–Crippen MR) is 104 cm³/mol. The number of esters is 1. The second-order valence-electron chi connectivity index (χ2n) is 6.54. The minimum Gasteiger partial charge on any atom is -0.494 e. The Morgan fingerprint density at radius 3 is 2.54 bits per heavy atom. The molecule has 0 saturated carbocycles. The Kier molecular flexibility index (Phi) is 7.06. The van der Waals surface area contributed by atoms with Crippen molar-refractivity contribution in [2.75, 3.05) is 19.8 Å². The minimum absolute atomic E-state index is 0.197. The van der Waals surface area contributed by atoms with Crippen LogP contribution in [0.5, 0.6) is 11.5 Å². The van der Waals surface area contributed by atoms with Gasteiger partial charge in [-0.15, -0.1) is 5.06 Å². The van der Waals surface area contributed by atoms with Crippen LogP contribution in [-0.4, -0.2) is 31.0 Å². The van der Waals surface area contributed by atoms with E-state index in [2.05, 4.69) is 0 Å². The van der Waals surface area contributed by atoms with Crippen molar-refractivity contribution >= 4 is 11.7 Å². The first-order chi connectivity index (χ1) is 13.7. The predicted octanol–water partition coefficient (Wildman–Crippen LogP) is 2.83. The van der Waals surface area contributed by atoms with Crippen molar-refractivity contribution in [2.24, 2.45) is 0 Å². The van der Waals surface area contributed by atoms with E-state index in [1.54, 1.807) is 13.1 Å². The zero-order valence-electron chi connectivity index (χ0n) is 16.0. The molecule has 0 radical (unpaired) electrons. The van der Waals surface area contributed by atoms with Gasteiger partial charge in [0.15, 0.2) is 5.69 Å². The van der Waals surface area contributed by atoms with Crippen molar-refractivity contribution in [1.29, 1.82) is 0 Å². The molecule has 1 heterocycles. The monoisotopic (exact) mass is 384 g/mol. The number of carbonyl (C=O) groups is 1. The molecule has 0 spiro atoms. The van der Waals surface area contributed by atoms with Gasteiger partial charge < -0.3 is 14.2 Å². The zero-order chi connectivity index (χ0) is 19.8. The largest absolute Gasteiger partial charge is 0.494 e.